The van der Waals surface area contributed by atoms with Crippen molar-refractivity contribution in [2.24, 2.45) is 0 Å². The molecule has 0 radical (unpaired) electrons. The molecule has 0 aromatic heterocycles. The van der Waals surface area contributed by atoms with Crippen LogP contribution < -0.4 is 9.62 Å². The normalized spacial score (nSPS) is 12.5. The van der Waals surface area contributed by atoms with Gasteiger partial charge in [-0.2, -0.15) is 4.72 Å². The zero-order valence-corrected chi connectivity index (χ0v) is 18.5. The van der Waals surface area contributed by atoms with Gasteiger partial charge in [0.2, 0.25) is 10.0 Å². The largest absolute Gasteiger partial charge is 0.468 e. The molecule has 1 N–H and O–H groups in total. The summed E-state index contributed by atoms with van der Waals surface area (Å²) in [4.78, 5) is 14.3. The molecule has 0 heterocycles. The predicted molar refractivity (Wildman–Crippen MR) is 120 cm³/mol. The second-order valence-electron chi connectivity index (χ2n) is 7.05. The zero-order chi connectivity index (χ0) is 21.9. The highest BCUT2D eigenvalue weighted by atomic mass is 35.5. The molecule has 0 aliphatic rings. The molecule has 1 unspecified atom stereocenters. The molecule has 0 aliphatic carbocycles. The van der Waals surface area contributed by atoms with E-state index in [1.165, 1.54) is 13.2 Å². The smallest absolute Gasteiger partial charge is 0.324 e. The van der Waals surface area contributed by atoms with Gasteiger partial charge in [-0.1, -0.05) is 48.0 Å². The van der Waals surface area contributed by atoms with Gasteiger partial charge >= 0.3 is 5.97 Å². The van der Waals surface area contributed by atoms with Crippen molar-refractivity contribution in [1.29, 1.82) is 0 Å². The van der Waals surface area contributed by atoms with Crippen LogP contribution in [0.15, 0.2) is 65.6 Å². The highest BCUT2D eigenvalue weighted by Gasteiger charge is 2.28. The van der Waals surface area contributed by atoms with Gasteiger partial charge < -0.3 is 9.64 Å². The average molecular weight is 447 g/mol. The lowest BCUT2D eigenvalue weighted by Gasteiger charge is -2.19. The fraction of sp³-hybridized carbons (Fsp3) is 0.227. The number of halogens is 1. The average Bonchev–Trinajstić information content (AvgIpc) is 2.73. The molecule has 0 fully saturated rings. The van der Waals surface area contributed by atoms with Gasteiger partial charge in [0.05, 0.1) is 12.0 Å². The van der Waals surface area contributed by atoms with Crippen molar-refractivity contribution in [2.45, 2.75) is 17.4 Å². The van der Waals surface area contributed by atoms with E-state index in [0.29, 0.717) is 10.4 Å². The van der Waals surface area contributed by atoms with E-state index in [2.05, 4.69) is 4.72 Å². The summed E-state index contributed by atoms with van der Waals surface area (Å²) in [7, 11) is 1.01. The lowest BCUT2D eigenvalue weighted by atomic mass is 10.1. The third kappa shape index (κ3) is 4.75. The molecule has 0 aliphatic heterocycles. The van der Waals surface area contributed by atoms with Crippen LogP contribution in [0.25, 0.3) is 10.8 Å². The van der Waals surface area contributed by atoms with Gasteiger partial charge in [0, 0.05) is 35.6 Å². The summed E-state index contributed by atoms with van der Waals surface area (Å²) >= 11 is 5.91. The fourth-order valence-electron chi connectivity index (χ4n) is 3.31. The number of nitrogens with one attached hydrogen (secondary N) is 1. The monoisotopic (exact) mass is 446 g/mol. The Hall–Kier alpha value is -2.61. The summed E-state index contributed by atoms with van der Waals surface area (Å²) in [6.07, 6.45) is 0.136. The Morgan fingerprint density at radius 3 is 2.30 bits per heavy atom. The van der Waals surface area contributed by atoms with Gasteiger partial charge in [0.15, 0.2) is 0 Å². The first-order chi connectivity index (χ1) is 14.2. The Balaban J connectivity index is 1.99. The number of carbonyl (C=O) groups excluding carboxylic acids is 1. The maximum Gasteiger partial charge on any atom is 0.324 e. The Labute approximate surface area is 181 Å². The van der Waals surface area contributed by atoms with Crippen molar-refractivity contribution in [2.75, 3.05) is 26.1 Å². The first-order valence-electron chi connectivity index (χ1n) is 9.26. The van der Waals surface area contributed by atoms with Gasteiger partial charge in [-0.15, -0.1) is 0 Å². The number of anilines is 1. The molecule has 0 spiro atoms. The Morgan fingerprint density at radius 1 is 1.03 bits per heavy atom. The molecule has 0 saturated heterocycles. The van der Waals surface area contributed by atoms with Gasteiger partial charge in [-0.05, 0) is 36.2 Å². The zero-order valence-electron chi connectivity index (χ0n) is 16.9. The molecule has 3 aromatic rings. The third-order valence-corrected chi connectivity index (χ3v) is 6.55. The summed E-state index contributed by atoms with van der Waals surface area (Å²) in [6.45, 7) is 0. The quantitative estimate of drug-likeness (QED) is 0.561. The van der Waals surface area contributed by atoms with Crippen molar-refractivity contribution < 1.29 is 17.9 Å². The third-order valence-electron chi connectivity index (χ3n) is 4.77. The number of hydrogen-bond donors (Lipinski definition) is 1. The number of nitrogens with zero attached hydrogens (tertiary/aromatic N) is 1. The Kier molecular flexibility index (Phi) is 6.65. The fourth-order valence-corrected chi connectivity index (χ4v) is 4.84. The predicted octanol–water partition coefficient (Wildman–Crippen LogP) is 3.62. The van der Waals surface area contributed by atoms with Crippen LogP contribution in [-0.4, -0.2) is 41.6 Å². The highest BCUT2D eigenvalue weighted by Crippen LogP contribution is 2.30. The molecule has 0 amide bonds. The molecule has 6 nitrogen and oxygen atoms in total. The minimum atomic E-state index is -4.01. The number of carbonyl (C=O) groups is 1. The molecule has 8 heteroatoms. The van der Waals surface area contributed by atoms with Crippen LogP contribution in [0.2, 0.25) is 5.02 Å². The van der Waals surface area contributed by atoms with E-state index in [9.17, 15) is 13.2 Å². The topological polar surface area (TPSA) is 75.7 Å². The van der Waals surface area contributed by atoms with Crippen LogP contribution >= 0.6 is 11.6 Å². The minimum Gasteiger partial charge on any atom is -0.468 e. The lowest BCUT2D eigenvalue weighted by molar-refractivity contribution is -0.142. The molecule has 158 valence electrons. The van der Waals surface area contributed by atoms with Crippen LogP contribution in [0.1, 0.15) is 5.56 Å². The van der Waals surface area contributed by atoms with E-state index in [-0.39, 0.29) is 11.3 Å². The van der Waals surface area contributed by atoms with Crippen molar-refractivity contribution in [3.8, 4) is 0 Å². The molecule has 30 heavy (non-hydrogen) atoms. The molecule has 3 rings (SSSR count). The number of ether oxygens (including phenoxy) is 1. The van der Waals surface area contributed by atoms with Crippen molar-refractivity contribution >= 4 is 44.1 Å². The van der Waals surface area contributed by atoms with E-state index in [1.54, 1.807) is 36.4 Å². The number of sulfonamides is 1. The van der Waals surface area contributed by atoms with E-state index in [4.69, 9.17) is 16.3 Å². The van der Waals surface area contributed by atoms with Crippen LogP contribution in [0.5, 0.6) is 0 Å². The second-order valence-corrected chi connectivity index (χ2v) is 9.17. The second kappa shape index (κ2) is 9.04. The summed E-state index contributed by atoms with van der Waals surface area (Å²) in [5.74, 6) is -0.664. The first kappa shape index (κ1) is 22.1. The maximum absolute atomic E-state index is 13.2. The summed E-state index contributed by atoms with van der Waals surface area (Å²) in [5.41, 5.74) is 1.65. The van der Waals surface area contributed by atoms with E-state index in [0.717, 1.165) is 16.6 Å². The molecular formula is C22H23ClN2O4S. The number of methoxy groups -OCH3 is 1. The SMILES string of the molecule is COC(=O)C(Cc1ccc(Cl)cc1)NS(=O)(=O)c1cccc2c(N(C)C)cccc12. The number of esters is 1. The highest BCUT2D eigenvalue weighted by molar-refractivity contribution is 7.89. The number of benzene rings is 3. The Bertz CT molecular complexity index is 1160. The minimum absolute atomic E-state index is 0.105. The lowest BCUT2D eigenvalue weighted by Crippen LogP contribution is -2.43. The molecule has 3 aromatic carbocycles. The summed E-state index contributed by atoms with van der Waals surface area (Å²) in [6, 6.07) is 16.4. The van der Waals surface area contributed by atoms with Crippen LogP contribution in [0.3, 0.4) is 0 Å². The number of rotatable bonds is 7. The molecule has 1 atom stereocenters. The summed E-state index contributed by atoms with van der Waals surface area (Å²) in [5, 5.41) is 1.94. The standard InChI is InChI=1S/C22H23ClN2O4S/c1-25(2)20-8-4-7-18-17(20)6-5-9-21(18)30(27,28)24-19(22(26)29-3)14-15-10-12-16(23)13-11-15/h4-13,19,24H,14H2,1-3H3. The number of fused-ring (bicyclic) bond motifs is 1. The molecule has 0 saturated carbocycles. The van der Waals surface area contributed by atoms with Crippen molar-refractivity contribution in [1.82, 2.24) is 4.72 Å². The maximum atomic E-state index is 13.2. The van der Waals surface area contributed by atoms with Gasteiger partial charge in [0.1, 0.15) is 6.04 Å². The van der Waals surface area contributed by atoms with Crippen molar-refractivity contribution in [3.63, 3.8) is 0 Å². The van der Waals surface area contributed by atoms with Gasteiger partial charge in [0.25, 0.3) is 0 Å². The molecular weight excluding hydrogens is 424 g/mol. The summed E-state index contributed by atoms with van der Waals surface area (Å²) < 4.78 is 33.8. The van der Waals surface area contributed by atoms with Gasteiger partial charge in [-0.25, -0.2) is 8.42 Å². The van der Waals surface area contributed by atoms with Crippen molar-refractivity contribution in [3.05, 3.63) is 71.2 Å². The Morgan fingerprint density at radius 2 is 1.67 bits per heavy atom. The number of hydrogen-bond acceptors (Lipinski definition) is 5. The van der Waals surface area contributed by atoms with Crippen LogP contribution in [0, 0.1) is 0 Å². The van der Waals surface area contributed by atoms with Crippen LogP contribution in [-0.2, 0) is 26.0 Å². The molecule has 0 bridgehead atoms. The van der Waals surface area contributed by atoms with E-state index >= 15 is 0 Å². The van der Waals surface area contributed by atoms with E-state index < -0.39 is 22.0 Å². The van der Waals surface area contributed by atoms with E-state index in [1.807, 2.05) is 37.2 Å². The first-order valence-corrected chi connectivity index (χ1v) is 11.1. The van der Waals surface area contributed by atoms with Gasteiger partial charge in [-0.3, -0.25) is 4.79 Å². The van der Waals surface area contributed by atoms with Crippen LogP contribution in [0.4, 0.5) is 5.69 Å².